The number of aromatic nitrogens is 1. The van der Waals surface area contributed by atoms with Gasteiger partial charge in [0, 0.05) is 35.6 Å². The lowest BCUT2D eigenvalue weighted by Crippen LogP contribution is -2.52. The number of nitrogens with zero attached hydrogens (tertiary/aromatic N) is 2. The standard InChI is InChI=1S/C15H16N4/c16-8-19-7-10(17)5-12-11-2-1-3-13-15(11)9(6-18-13)4-14(12)19/h1-3,6,10,12,14,18H,4-5,7,17H2/t10?,12-,14-/m1/s1. The van der Waals surface area contributed by atoms with Crippen LogP contribution < -0.4 is 5.73 Å². The summed E-state index contributed by atoms with van der Waals surface area (Å²) in [6.45, 7) is 0.688. The molecule has 2 heterocycles. The van der Waals surface area contributed by atoms with Gasteiger partial charge >= 0.3 is 0 Å². The smallest absolute Gasteiger partial charge is 0.179 e. The van der Waals surface area contributed by atoms with Crippen molar-refractivity contribution in [3.8, 4) is 6.19 Å². The van der Waals surface area contributed by atoms with Crippen molar-refractivity contribution >= 4 is 10.9 Å². The number of hydrogen-bond donors (Lipinski definition) is 2. The first-order valence-electron chi connectivity index (χ1n) is 6.78. The molecule has 19 heavy (non-hydrogen) atoms. The van der Waals surface area contributed by atoms with Crippen LogP contribution in [0.4, 0.5) is 0 Å². The lowest BCUT2D eigenvalue weighted by molar-refractivity contribution is 0.173. The molecule has 3 N–H and O–H groups in total. The van der Waals surface area contributed by atoms with Crippen molar-refractivity contribution in [1.82, 2.24) is 9.88 Å². The summed E-state index contributed by atoms with van der Waals surface area (Å²) in [5, 5.41) is 10.7. The minimum absolute atomic E-state index is 0.0941. The van der Waals surface area contributed by atoms with Crippen molar-refractivity contribution < 1.29 is 0 Å². The van der Waals surface area contributed by atoms with E-state index in [-0.39, 0.29) is 12.1 Å². The highest BCUT2D eigenvalue weighted by Gasteiger charge is 2.39. The van der Waals surface area contributed by atoms with E-state index in [0.717, 1.165) is 12.8 Å². The molecule has 4 rings (SSSR count). The predicted octanol–water partition coefficient (Wildman–Crippen LogP) is 1.69. The summed E-state index contributed by atoms with van der Waals surface area (Å²) < 4.78 is 0. The zero-order valence-corrected chi connectivity index (χ0v) is 10.6. The third-order valence-electron chi connectivity index (χ3n) is 4.63. The molecular weight excluding hydrogens is 236 g/mol. The summed E-state index contributed by atoms with van der Waals surface area (Å²) in [5.41, 5.74) is 10.0. The van der Waals surface area contributed by atoms with Gasteiger partial charge in [-0.25, -0.2) is 0 Å². The van der Waals surface area contributed by atoms with E-state index in [9.17, 15) is 5.26 Å². The molecule has 4 nitrogen and oxygen atoms in total. The zero-order valence-electron chi connectivity index (χ0n) is 10.6. The SMILES string of the molecule is N#CN1CC(N)C[C@@H]2c3cccc4[nH]cc(c34)C[C@H]21. The molecule has 1 aromatic carbocycles. The van der Waals surface area contributed by atoms with Crippen LogP contribution in [0, 0.1) is 11.5 Å². The van der Waals surface area contributed by atoms with Crippen molar-refractivity contribution in [2.75, 3.05) is 6.54 Å². The zero-order chi connectivity index (χ0) is 13.0. The Morgan fingerprint density at radius 1 is 1.42 bits per heavy atom. The fourth-order valence-corrected chi connectivity index (χ4v) is 3.85. The Balaban J connectivity index is 1.91. The molecule has 1 aliphatic heterocycles. The topological polar surface area (TPSA) is 68.8 Å². The fraction of sp³-hybridized carbons (Fsp3) is 0.400. The van der Waals surface area contributed by atoms with Gasteiger partial charge in [0.1, 0.15) is 0 Å². The molecule has 0 amide bonds. The molecule has 1 fully saturated rings. The van der Waals surface area contributed by atoms with E-state index in [4.69, 9.17) is 5.73 Å². The Morgan fingerprint density at radius 3 is 3.16 bits per heavy atom. The average molecular weight is 252 g/mol. The second kappa shape index (κ2) is 3.75. The number of aromatic amines is 1. The largest absolute Gasteiger partial charge is 0.361 e. The van der Waals surface area contributed by atoms with E-state index in [1.165, 1.54) is 22.0 Å². The highest BCUT2D eigenvalue weighted by molar-refractivity contribution is 5.88. The van der Waals surface area contributed by atoms with Crippen LogP contribution in [0.15, 0.2) is 24.4 Å². The maximum absolute atomic E-state index is 9.35. The van der Waals surface area contributed by atoms with Crippen LogP contribution in [0.3, 0.4) is 0 Å². The van der Waals surface area contributed by atoms with Gasteiger partial charge in [-0.3, -0.25) is 0 Å². The van der Waals surface area contributed by atoms with Gasteiger partial charge in [-0.15, -0.1) is 0 Å². The predicted molar refractivity (Wildman–Crippen MR) is 73.4 cm³/mol. The van der Waals surface area contributed by atoms with Crippen LogP contribution in [-0.2, 0) is 6.42 Å². The van der Waals surface area contributed by atoms with E-state index >= 15 is 0 Å². The van der Waals surface area contributed by atoms with Gasteiger partial charge in [0.25, 0.3) is 0 Å². The number of nitriles is 1. The number of benzene rings is 1. The van der Waals surface area contributed by atoms with Crippen LogP contribution in [0.5, 0.6) is 0 Å². The third-order valence-corrected chi connectivity index (χ3v) is 4.63. The van der Waals surface area contributed by atoms with Crippen molar-refractivity contribution in [1.29, 1.82) is 5.26 Å². The number of piperidine rings is 1. The number of likely N-dealkylation sites (tertiary alicyclic amines) is 1. The molecule has 96 valence electrons. The molecule has 1 saturated heterocycles. The van der Waals surface area contributed by atoms with Crippen molar-refractivity contribution in [2.45, 2.75) is 30.8 Å². The van der Waals surface area contributed by atoms with E-state index in [2.05, 4.69) is 35.6 Å². The van der Waals surface area contributed by atoms with Gasteiger partial charge in [-0.1, -0.05) is 12.1 Å². The number of fused-ring (bicyclic) bond motifs is 2. The number of hydrogen-bond acceptors (Lipinski definition) is 3. The van der Waals surface area contributed by atoms with Crippen LogP contribution in [0.2, 0.25) is 0 Å². The van der Waals surface area contributed by atoms with Gasteiger partial charge in [0.15, 0.2) is 6.19 Å². The maximum atomic E-state index is 9.35. The van der Waals surface area contributed by atoms with Crippen molar-refractivity contribution in [3.63, 3.8) is 0 Å². The monoisotopic (exact) mass is 252 g/mol. The van der Waals surface area contributed by atoms with Crippen LogP contribution in [-0.4, -0.2) is 28.5 Å². The number of nitrogens with two attached hydrogens (primary N) is 1. The van der Waals surface area contributed by atoms with E-state index < -0.39 is 0 Å². The molecule has 1 aliphatic carbocycles. The van der Waals surface area contributed by atoms with Crippen molar-refractivity contribution in [2.24, 2.45) is 5.73 Å². The van der Waals surface area contributed by atoms with Gasteiger partial charge < -0.3 is 15.6 Å². The van der Waals surface area contributed by atoms with Gasteiger partial charge in [0.05, 0.1) is 6.04 Å². The molecule has 2 aromatic rings. The first-order chi connectivity index (χ1) is 9.28. The molecule has 0 bridgehead atoms. The quantitative estimate of drug-likeness (QED) is 0.701. The van der Waals surface area contributed by atoms with Gasteiger partial charge in [-0.05, 0) is 30.0 Å². The van der Waals surface area contributed by atoms with Gasteiger partial charge in [-0.2, -0.15) is 5.26 Å². The second-order valence-corrected chi connectivity index (χ2v) is 5.71. The Hall–Kier alpha value is -1.99. The first kappa shape index (κ1) is 10.9. The molecule has 0 saturated carbocycles. The van der Waals surface area contributed by atoms with E-state index in [0.29, 0.717) is 12.5 Å². The lowest BCUT2D eigenvalue weighted by atomic mass is 9.74. The summed E-state index contributed by atoms with van der Waals surface area (Å²) in [5.74, 6) is 0.385. The van der Waals surface area contributed by atoms with E-state index in [1.807, 2.05) is 4.90 Å². The summed E-state index contributed by atoms with van der Waals surface area (Å²) in [6.07, 6.45) is 6.35. The molecule has 1 aromatic heterocycles. The average Bonchev–Trinajstić information content (AvgIpc) is 2.84. The second-order valence-electron chi connectivity index (χ2n) is 5.71. The van der Waals surface area contributed by atoms with Crippen molar-refractivity contribution in [3.05, 3.63) is 35.5 Å². The van der Waals surface area contributed by atoms with Crippen LogP contribution in [0.1, 0.15) is 23.5 Å². The Labute approximate surface area is 111 Å². The molecular formula is C15H16N4. The minimum Gasteiger partial charge on any atom is -0.361 e. The molecule has 4 heteroatoms. The number of nitrogens with one attached hydrogen (secondary N) is 1. The minimum atomic E-state index is 0.0941. The Bertz CT molecular complexity index is 681. The van der Waals surface area contributed by atoms with Gasteiger partial charge in [0.2, 0.25) is 0 Å². The number of H-pyrrole nitrogens is 1. The summed E-state index contributed by atoms with van der Waals surface area (Å²) >= 11 is 0. The summed E-state index contributed by atoms with van der Waals surface area (Å²) in [6, 6.07) is 6.78. The summed E-state index contributed by atoms with van der Waals surface area (Å²) in [7, 11) is 0. The maximum Gasteiger partial charge on any atom is 0.179 e. The highest BCUT2D eigenvalue weighted by atomic mass is 15.2. The molecule has 0 spiro atoms. The molecule has 3 atom stereocenters. The first-order valence-corrected chi connectivity index (χ1v) is 6.78. The fourth-order valence-electron chi connectivity index (χ4n) is 3.85. The molecule has 1 unspecified atom stereocenters. The molecule has 0 radical (unpaired) electrons. The van der Waals surface area contributed by atoms with Crippen LogP contribution >= 0.6 is 0 Å². The normalized spacial score (nSPS) is 29.1. The summed E-state index contributed by atoms with van der Waals surface area (Å²) in [4.78, 5) is 5.22. The Kier molecular flexibility index (Phi) is 2.15. The lowest BCUT2D eigenvalue weighted by Gasteiger charge is -2.43. The van der Waals surface area contributed by atoms with E-state index in [1.54, 1.807) is 0 Å². The third kappa shape index (κ3) is 1.42. The van der Waals surface area contributed by atoms with Crippen LogP contribution in [0.25, 0.3) is 10.9 Å². The molecule has 2 aliphatic rings. The Morgan fingerprint density at radius 2 is 2.32 bits per heavy atom. The highest BCUT2D eigenvalue weighted by Crippen LogP contribution is 2.42. The number of rotatable bonds is 0.